The molecule has 1 fully saturated rings. The van der Waals surface area contributed by atoms with Crippen LogP contribution in [0.5, 0.6) is 0 Å². The van der Waals surface area contributed by atoms with Crippen LogP contribution in [-0.4, -0.2) is 12.5 Å². The molecular weight excluding hydrogens is 256 g/mol. The smallest absolute Gasteiger partial charge is 0.223 e. The fraction of sp³-hybridized carbons (Fsp3) is 0.667. The highest BCUT2D eigenvalue weighted by molar-refractivity contribution is 7.10. The summed E-state index contributed by atoms with van der Waals surface area (Å²) in [7, 11) is 0. The Morgan fingerprint density at radius 1 is 1.53 bits per heavy atom. The van der Waals surface area contributed by atoms with Gasteiger partial charge in [-0.25, -0.2) is 0 Å². The zero-order valence-corrected chi connectivity index (χ0v) is 12.4. The number of amides is 1. The van der Waals surface area contributed by atoms with E-state index in [1.807, 2.05) is 6.07 Å². The van der Waals surface area contributed by atoms with Gasteiger partial charge in [-0.15, -0.1) is 11.3 Å². The molecule has 4 heteroatoms. The first kappa shape index (κ1) is 14.5. The molecule has 3 N–H and O–H groups in total. The summed E-state index contributed by atoms with van der Waals surface area (Å²) >= 11 is 1.71. The molecule has 0 aromatic carbocycles. The Bertz CT molecular complexity index is 391. The van der Waals surface area contributed by atoms with Crippen LogP contribution in [0.3, 0.4) is 0 Å². The molecule has 0 saturated heterocycles. The molecule has 1 saturated carbocycles. The third-order valence-electron chi connectivity index (χ3n) is 4.16. The van der Waals surface area contributed by atoms with E-state index in [1.54, 1.807) is 11.3 Å². The van der Waals surface area contributed by atoms with E-state index >= 15 is 0 Å². The second kappa shape index (κ2) is 7.06. The van der Waals surface area contributed by atoms with Gasteiger partial charge in [-0.05, 0) is 43.2 Å². The number of nitrogens with two attached hydrogens (primary N) is 1. The highest BCUT2D eigenvalue weighted by Crippen LogP contribution is 2.30. The van der Waals surface area contributed by atoms with Crippen molar-refractivity contribution in [2.24, 2.45) is 17.6 Å². The lowest BCUT2D eigenvalue weighted by Crippen LogP contribution is -2.40. The van der Waals surface area contributed by atoms with Crippen molar-refractivity contribution in [2.45, 2.75) is 45.1 Å². The van der Waals surface area contributed by atoms with Crippen molar-refractivity contribution >= 4 is 17.2 Å². The number of hydrogen-bond acceptors (Lipinski definition) is 3. The van der Waals surface area contributed by atoms with E-state index in [2.05, 4.69) is 23.7 Å². The van der Waals surface area contributed by atoms with Crippen LogP contribution in [0.25, 0.3) is 0 Å². The summed E-state index contributed by atoms with van der Waals surface area (Å²) in [5.41, 5.74) is 5.81. The van der Waals surface area contributed by atoms with Gasteiger partial charge in [0.1, 0.15) is 0 Å². The van der Waals surface area contributed by atoms with Gasteiger partial charge in [0, 0.05) is 10.8 Å². The molecule has 0 spiro atoms. The second-order valence-electron chi connectivity index (χ2n) is 5.37. The molecule has 0 aliphatic heterocycles. The molecule has 0 bridgehead atoms. The zero-order chi connectivity index (χ0) is 13.7. The molecule has 2 rings (SSSR count). The molecule has 1 aliphatic carbocycles. The fourth-order valence-electron chi connectivity index (χ4n) is 2.98. The van der Waals surface area contributed by atoms with Gasteiger partial charge in [0.15, 0.2) is 0 Å². The standard InChI is InChI=1S/C15H24N2OS/c1-2-13(14-8-5-9-19-14)17-15(18)12-7-4-3-6-11(12)10-16/h5,8-9,11-13H,2-4,6-7,10,16H2,1H3,(H,17,18). The molecule has 1 aromatic heterocycles. The Morgan fingerprint density at radius 3 is 2.95 bits per heavy atom. The molecule has 3 unspecified atom stereocenters. The first-order valence-corrected chi connectivity index (χ1v) is 8.18. The summed E-state index contributed by atoms with van der Waals surface area (Å²) < 4.78 is 0. The maximum atomic E-state index is 12.5. The van der Waals surface area contributed by atoms with Crippen molar-refractivity contribution in [1.82, 2.24) is 5.32 Å². The summed E-state index contributed by atoms with van der Waals surface area (Å²) in [6, 6.07) is 4.30. The predicted molar refractivity (Wildman–Crippen MR) is 80.0 cm³/mol. The lowest BCUT2D eigenvalue weighted by atomic mass is 9.78. The maximum absolute atomic E-state index is 12.5. The Kier molecular flexibility index (Phi) is 5.40. The van der Waals surface area contributed by atoms with Crippen LogP contribution < -0.4 is 11.1 Å². The molecular formula is C15H24N2OS. The van der Waals surface area contributed by atoms with Gasteiger partial charge in [-0.1, -0.05) is 25.8 Å². The van der Waals surface area contributed by atoms with Crippen LogP contribution in [0.1, 0.15) is 49.9 Å². The largest absolute Gasteiger partial charge is 0.348 e. The van der Waals surface area contributed by atoms with Crippen molar-refractivity contribution in [2.75, 3.05) is 6.54 Å². The quantitative estimate of drug-likeness (QED) is 0.871. The van der Waals surface area contributed by atoms with E-state index in [9.17, 15) is 4.79 Å². The molecule has 1 heterocycles. The van der Waals surface area contributed by atoms with Crippen LogP contribution in [0.2, 0.25) is 0 Å². The predicted octanol–water partition coefficient (Wildman–Crippen LogP) is 3.08. The van der Waals surface area contributed by atoms with Gasteiger partial charge >= 0.3 is 0 Å². The SMILES string of the molecule is CCC(NC(=O)C1CCCCC1CN)c1cccs1. The molecule has 106 valence electrons. The molecule has 1 aliphatic rings. The molecule has 1 aromatic rings. The van der Waals surface area contributed by atoms with Crippen LogP contribution in [0, 0.1) is 11.8 Å². The van der Waals surface area contributed by atoms with Crippen LogP contribution in [0.15, 0.2) is 17.5 Å². The number of thiophene rings is 1. The lowest BCUT2D eigenvalue weighted by molar-refractivity contribution is -0.128. The normalized spacial score (nSPS) is 24.9. The van der Waals surface area contributed by atoms with Crippen LogP contribution in [0.4, 0.5) is 0 Å². The van der Waals surface area contributed by atoms with Crippen molar-refractivity contribution in [3.63, 3.8) is 0 Å². The van der Waals surface area contributed by atoms with Gasteiger partial charge < -0.3 is 11.1 Å². The van der Waals surface area contributed by atoms with Crippen molar-refractivity contribution in [3.05, 3.63) is 22.4 Å². The third kappa shape index (κ3) is 3.57. The Balaban J connectivity index is 1.98. The zero-order valence-electron chi connectivity index (χ0n) is 11.6. The monoisotopic (exact) mass is 280 g/mol. The van der Waals surface area contributed by atoms with Gasteiger partial charge in [-0.2, -0.15) is 0 Å². The van der Waals surface area contributed by atoms with Crippen molar-refractivity contribution in [1.29, 1.82) is 0 Å². The molecule has 0 radical (unpaired) electrons. The van der Waals surface area contributed by atoms with Crippen LogP contribution in [-0.2, 0) is 4.79 Å². The minimum Gasteiger partial charge on any atom is -0.348 e. The van der Waals surface area contributed by atoms with E-state index in [4.69, 9.17) is 5.73 Å². The average Bonchev–Trinajstić information content (AvgIpc) is 2.98. The maximum Gasteiger partial charge on any atom is 0.223 e. The highest BCUT2D eigenvalue weighted by Gasteiger charge is 2.31. The Morgan fingerprint density at radius 2 is 2.32 bits per heavy atom. The van der Waals surface area contributed by atoms with E-state index in [0.717, 1.165) is 25.7 Å². The van der Waals surface area contributed by atoms with Crippen LogP contribution >= 0.6 is 11.3 Å². The number of carbonyl (C=O) groups is 1. The van der Waals surface area contributed by atoms with Gasteiger partial charge in [0.2, 0.25) is 5.91 Å². The first-order valence-electron chi connectivity index (χ1n) is 7.30. The summed E-state index contributed by atoms with van der Waals surface area (Å²) in [5.74, 6) is 0.692. The van der Waals surface area contributed by atoms with Gasteiger partial charge in [0.25, 0.3) is 0 Å². The minimum absolute atomic E-state index is 0.118. The average molecular weight is 280 g/mol. The molecule has 3 atom stereocenters. The lowest BCUT2D eigenvalue weighted by Gasteiger charge is -2.30. The second-order valence-corrected chi connectivity index (χ2v) is 6.35. The molecule has 19 heavy (non-hydrogen) atoms. The van der Waals surface area contributed by atoms with E-state index in [-0.39, 0.29) is 17.9 Å². The summed E-state index contributed by atoms with van der Waals surface area (Å²) in [4.78, 5) is 13.7. The fourth-order valence-corrected chi connectivity index (χ4v) is 3.84. The van der Waals surface area contributed by atoms with Gasteiger partial charge in [0.05, 0.1) is 6.04 Å². The topological polar surface area (TPSA) is 55.1 Å². The number of rotatable bonds is 5. The van der Waals surface area contributed by atoms with E-state index in [0.29, 0.717) is 12.5 Å². The van der Waals surface area contributed by atoms with E-state index in [1.165, 1.54) is 11.3 Å². The van der Waals surface area contributed by atoms with Gasteiger partial charge in [-0.3, -0.25) is 4.79 Å². The van der Waals surface area contributed by atoms with Crippen molar-refractivity contribution in [3.8, 4) is 0 Å². The number of hydrogen-bond donors (Lipinski definition) is 2. The Hall–Kier alpha value is -0.870. The Labute approximate surface area is 119 Å². The van der Waals surface area contributed by atoms with E-state index < -0.39 is 0 Å². The first-order chi connectivity index (χ1) is 9.26. The minimum atomic E-state index is 0.118. The molecule has 3 nitrogen and oxygen atoms in total. The summed E-state index contributed by atoms with van der Waals surface area (Å²) in [6.45, 7) is 2.75. The highest BCUT2D eigenvalue weighted by atomic mass is 32.1. The molecule has 1 amide bonds. The summed E-state index contributed by atoms with van der Waals surface area (Å²) in [5, 5.41) is 5.28. The summed E-state index contributed by atoms with van der Waals surface area (Å²) in [6.07, 6.45) is 5.41. The number of nitrogens with one attached hydrogen (secondary N) is 1. The van der Waals surface area contributed by atoms with Crippen molar-refractivity contribution < 1.29 is 4.79 Å². The number of carbonyl (C=O) groups excluding carboxylic acids is 1. The third-order valence-corrected chi connectivity index (χ3v) is 5.15.